The van der Waals surface area contributed by atoms with Gasteiger partial charge in [-0.25, -0.2) is 0 Å². The molecule has 0 heterocycles. The molecule has 0 aliphatic heterocycles. The van der Waals surface area contributed by atoms with Crippen LogP contribution >= 0.6 is 7.80 Å². The number of carbonyl (C=O) groups is 1. The van der Waals surface area contributed by atoms with Gasteiger partial charge in [0.25, 0.3) is 0 Å². The molecule has 0 fully saturated rings. The van der Waals surface area contributed by atoms with Crippen LogP contribution in [-0.2, 0) is 9.72 Å². The summed E-state index contributed by atoms with van der Waals surface area (Å²) in [6, 6.07) is 19.2. The molecule has 2 aromatic carbocycles. The van der Waals surface area contributed by atoms with Gasteiger partial charge in [-0.3, -0.25) is 4.79 Å². The Morgan fingerprint density at radius 2 is 1.54 bits per heavy atom. The lowest BCUT2D eigenvalue weighted by Gasteiger charge is -2.21. The van der Waals surface area contributed by atoms with Crippen molar-refractivity contribution < 1.29 is 9.36 Å². The van der Waals surface area contributed by atoms with Gasteiger partial charge < -0.3 is 0 Å². The average Bonchev–Trinajstić information content (AvgIpc) is 2.65. The zero-order chi connectivity index (χ0) is 17.6. The maximum Gasteiger partial charge on any atom is 0.360 e. The lowest BCUT2D eigenvalue weighted by molar-refractivity contribution is 0.0982. The minimum atomic E-state index is -1.73. The molecule has 3 atom stereocenters. The zero-order valence-electron chi connectivity index (χ0n) is 14.7. The largest absolute Gasteiger partial charge is 0.360 e. The molecule has 0 aliphatic carbocycles. The molecule has 0 saturated heterocycles. The fourth-order valence-corrected chi connectivity index (χ4v) is 5.31. The Morgan fingerprint density at radius 3 is 2.04 bits per heavy atom. The van der Waals surface area contributed by atoms with Crippen LogP contribution in [0.15, 0.2) is 60.7 Å². The second-order valence-corrected chi connectivity index (χ2v) is 8.62. The van der Waals surface area contributed by atoms with Gasteiger partial charge in [-0.05, 0) is 13.3 Å². The average molecular weight is 341 g/mol. The van der Waals surface area contributed by atoms with E-state index in [9.17, 15) is 9.36 Å². The summed E-state index contributed by atoms with van der Waals surface area (Å²) in [7, 11) is -1.73. The number of Topliss-reactive ketones (excluding diaryl/α,β-unsaturated/α-hetero) is 1. The van der Waals surface area contributed by atoms with E-state index in [0.717, 1.165) is 18.4 Å². The van der Waals surface area contributed by atoms with Gasteiger partial charge in [0.1, 0.15) is 0 Å². The predicted molar refractivity (Wildman–Crippen MR) is 101 cm³/mol. The first kappa shape index (κ1) is 18.5. The zero-order valence-corrected chi connectivity index (χ0v) is 15.6. The van der Waals surface area contributed by atoms with Gasteiger partial charge in [-0.1, -0.05) is 85.5 Å². The molecule has 3 unspecified atom stereocenters. The van der Waals surface area contributed by atoms with E-state index in [0.29, 0.717) is 12.0 Å². The van der Waals surface area contributed by atoms with Gasteiger partial charge in [0, 0.05) is 17.5 Å². The second-order valence-electron chi connectivity index (χ2n) is 6.35. The number of hydrogen-bond donors (Lipinski definition) is 0. The molecule has 0 spiro atoms. The van der Waals surface area contributed by atoms with E-state index in [1.54, 1.807) is 0 Å². The molecule has 0 amide bonds. The van der Waals surface area contributed by atoms with E-state index in [4.69, 9.17) is 0 Å². The van der Waals surface area contributed by atoms with Crippen molar-refractivity contribution in [3.8, 4) is 0 Å². The van der Waals surface area contributed by atoms with Crippen molar-refractivity contribution in [3.05, 3.63) is 71.8 Å². The highest BCUT2D eigenvalue weighted by Gasteiger charge is 2.51. The minimum absolute atomic E-state index is 0.00849. The summed E-state index contributed by atoms with van der Waals surface area (Å²) in [5.74, 6) is 0.00849. The molecular weight excluding hydrogens is 315 g/mol. The maximum absolute atomic E-state index is 13.5. The molecule has 0 saturated carbocycles. The number of rotatable bonds is 8. The van der Waals surface area contributed by atoms with E-state index >= 15 is 0 Å². The molecular formula is C21H26O2P+. The van der Waals surface area contributed by atoms with E-state index in [1.807, 2.05) is 74.5 Å². The Kier molecular flexibility index (Phi) is 6.45. The lowest BCUT2D eigenvalue weighted by atomic mass is 9.97. The molecule has 2 aromatic rings. The molecule has 2 rings (SSSR count). The van der Waals surface area contributed by atoms with Gasteiger partial charge >= 0.3 is 7.80 Å². The normalized spacial score (nSPS) is 15.4. The van der Waals surface area contributed by atoms with Crippen LogP contribution < -0.4 is 0 Å². The van der Waals surface area contributed by atoms with Gasteiger partial charge in [0.2, 0.25) is 11.4 Å². The molecule has 0 radical (unpaired) electrons. The Balaban J connectivity index is 2.39. The Morgan fingerprint density at radius 1 is 1.00 bits per heavy atom. The maximum atomic E-state index is 13.5. The van der Waals surface area contributed by atoms with Crippen LogP contribution in [-0.4, -0.2) is 11.4 Å². The van der Waals surface area contributed by atoms with Gasteiger partial charge in [0.05, 0.1) is 0 Å². The molecule has 126 valence electrons. The minimum Gasteiger partial charge on any atom is -0.289 e. The van der Waals surface area contributed by atoms with Crippen molar-refractivity contribution in [2.24, 2.45) is 0 Å². The van der Waals surface area contributed by atoms with E-state index < -0.39 is 18.6 Å². The van der Waals surface area contributed by atoms with Crippen LogP contribution in [0.4, 0.5) is 0 Å². The van der Waals surface area contributed by atoms with E-state index in [-0.39, 0.29) is 5.78 Å². The van der Waals surface area contributed by atoms with Crippen LogP contribution in [0.1, 0.15) is 56.0 Å². The van der Waals surface area contributed by atoms with Crippen molar-refractivity contribution >= 4 is 13.6 Å². The standard InChI is InChI=1S/C21H26O2P/c1-4-12-19(20(22)17-13-8-6-9-14-17)24(23)21(3,5-2)18-15-10-7-11-16-18/h6-11,13-16,19H,4-5,12H2,1-3H3/q+1. The highest BCUT2D eigenvalue weighted by molar-refractivity contribution is 7.48. The first-order chi connectivity index (χ1) is 11.5. The Hall–Kier alpha value is -1.79. The highest BCUT2D eigenvalue weighted by atomic mass is 31.1. The van der Waals surface area contributed by atoms with Crippen LogP contribution in [0, 0.1) is 0 Å². The Labute approximate surface area is 146 Å². The van der Waals surface area contributed by atoms with Crippen LogP contribution in [0.5, 0.6) is 0 Å². The molecule has 0 bridgehead atoms. The molecule has 0 aliphatic rings. The summed E-state index contributed by atoms with van der Waals surface area (Å²) in [6.07, 6.45) is 2.25. The summed E-state index contributed by atoms with van der Waals surface area (Å²) >= 11 is 0. The smallest absolute Gasteiger partial charge is 0.289 e. The van der Waals surface area contributed by atoms with Crippen molar-refractivity contribution in [3.63, 3.8) is 0 Å². The van der Waals surface area contributed by atoms with Crippen LogP contribution in [0.2, 0.25) is 0 Å². The summed E-state index contributed by atoms with van der Waals surface area (Å²) in [5.41, 5.74) is 1.28. The number of hydrogen-bond acceptors (Lipinski definition) is 2. The molecule has 2 nitrogen and oxygen atoms in total. The van der Waals surface area contributed by atoms with Crippen molar-refractivity contribution in [2.75, 3.05) is 0 Å². The SMILES string of the molecule is CCCC(C(=O)c1ccccc1)[P+](=O)C(C)(CC)c1ccccc1. The topological polar surface area (TPSA) is 34.1 Å². The summed E-state index contributed by atoms with van der Waals surface area (Å²) in [4.78, 5) is 13.0. The third-order valence-electron chi connectivity index (χ3n) is 4.78. The van der Waals surface area contributed by atoms with Crippen LogP contribution in [0.25, 0.3) is 0 Å². The molecule has 0 aromatic heterocycles. The number of ketones is 1. The predicted octanol–water partition coefficient (Wildman–Crippen LogP) is 6.19. The van der Waals surface area contributed by atoms with Crippen LogP contribution in [0.3, 0.4) is 0 Å². The van der Waals surface area contributed by atoms with Gasteiger partial charge in [0.15, 0.2) is 5.16 Å². The molecule has 0 N–H and O–H groups in total. The Bertz CT molecular complexity index is 681. The quantitative estimate of drug-likeness (QED) is 0.424. The van der Waals surface area contributed by atoms with E-state index in [1.165, 1.54) is 0 Å². The van der Waals surface area contributed by atoms with Crippen molar-refractivity contribution in [2.45, 2.75) is 50.8 Å². The second kappa shape index (κ2) is 8.35. The van der Waals surface area contributed by atoms with Gasteiger partial charge in [-0.2, -0.15) is 0 Å². The van der Waals surface area contributed by atoms with E-state index in [2.05, 4.69) is 6.92 Å². The summed E-state index contributed by atoms with van der Waals surface area (Å²) < 4.78 is 13.5. The first-order valence-electron chi connectivity index (χ1n) is 8.65. The van der Waals surface area contributed by atoms with Crippen molar-refractivity contribution in [1.29, 1.82) is 0 Å². The summed E-state index contributed by atoms with van der Waals surface area (Å²) in [5, 5.41) is -0.485. The summed E-state index contributed by atoms with van der Waals surface area (Å²) in [6.45, 7) is 6.12. The fourth-order valence-electron chi connectivity index (χ4n) is 3.05. The third-order valence-corrected chi connectivity index (χ3v) is 7.38. The van der Waals surface area contributed by atoms with Gasteiger partial charge in [-0.15, -0.1) is 0 Å². The number of carbonyl (C=O) groups excluding carboxylic acids is 1. The van der Waals surface area contributed by atoms with Crippen molar-refractivity contribution in [1.82, 2.24) is 0 Å². The highest BCUT2D eigenvalue weighted by Crippen LogP contribution is 2.54. The first-order valence-corrected chi connectivity index (χ1v) is 9.98. The molecule has 24 heavy (non-hydrogen) atoms. The number of benzene rings is 2. The third kappa shape index (κ3) is 3.82. The fraction of sp³-hybridized carbons (Fsp3) is 0.381. The molecule has 3 heteroatoms. The lowest BCUT2D eigenvalue weighted by Crippen LogP contribution is -2.26. The monoisotopic (exact) mass is 341 g/mol.